The van der Waals surface area contributed by atoms with Gasteiger partial charge in [0.05, 0.1) is 73.4 Å². The Hall–Kier alpha value is -7.25. The number of rotatable bonds is 21. The van der Waals surface area contributed by atoms with Gasteiger partial charge in [0, 0.05) is 48.2 Å². The van der Waals surface area contributed by atoms with E-state index in [1.807, 2.05) is 0 Å². The molecular formula is C55H61N7O24S2. The molecule has 31 nitrogen and oxygen atoms in total. The molecule has 5 aliphatic heterocycles. The van der Waals surface area contributed by atoms with E-state index in [2.05, 4.69) is 10.3 Å². The van der Waals surface area contributed by atoms with Gasteiger partial charge < -0.3 is 87.1 Å². The van der Waals surface area contributed by atoms with Gasteiger partial charge >= 0.3 is 22.3 Å². The lowest BCUT2D eigenvalue weighted by Crippen LogP contribution is -2.62. The molecule has 0 saturated carbocycles. The number of thioether (sulfide) groups is 1. The smallest absolute Gasteiger partial charge is 0.479 e. The summed E-state index contributed by atoms with van der Waals surface area (Å²) in [5, 5.41) is 93.3. The minimum atomic E-state index is -5.29. The van der Waals surface area contributed by atoms with Crippen LogP contribution in [0.15, 0.2) is 47.4 Å². The summed E-state index contributed by atoms with van der Waals surface area (Å²) in [6.45, 7) is 0.802. The molecule has 5 aromatic rings. The van der Waals surface area contributed by atoms with Crippen molar-refractivity contribution in [2.24, 2.45) is 0 Å². The normalized spacial score (nSPS) is 27.4. The van der Waals surface area contributed by atoms with E-state index in [1.165, 1.54) is 51.2 Å². The number of ether oxygens (including phenoxy) is 6. The third kappa shape index (κ3) is 11.7. The highest BCUT2D eigenvalue weighted by molar-refractivity contribution is 8.00. The van der Waals surface area contributed by atoms with Crippen molar-refractivity contribution in [3.05, 3.63) is 92.0 Å². The number of amides is 3. The van der Waals surface area contributed by atoms with Crippen LogP contribution in [0.3, 0.4) is 0 Å². The van der Waals surface area contributed by atoms with Crippen LogP contribution >= 0.6 is 11.8 Å². The van der Waals surface area contributed by atoms with Crippen molar-refractivity contribution in [3.63, 3.8) is 0 Å². The summed E-state index contributed by atoms with van der Waals surface area (Å²) in [6, 6.07) is 7.64. The van der Waals surface area contributed by atoms with Gasteiger partial charge in [-0.15, -0.1) is 13.5 Å². The fraction of sp³-hybridized carbons (Fsp3) is 0.509. The van der Waals surface area contributed by atoms with Gasteiger partial charge in [-0.1, -0.05) is 12.1 Å². The topological polar surface area (TPSA) is 427 Å². The van der Waals surface area contributed by atoms with Gasteiger partial charge in [0.1, 0.15) is 60.8 Å². The molecule has 2 aromatic carbocycles. The minimum Gasteiger partial charge on any atom is -0.479 e. The zero-order valence-electron chi connectivity index (χ0n) is 47.1. The zero-order valence-corrected chi connectivity index (χ0v) is 48.8. The summed E-state index contributed by atoms with van der Waals surface area (Å²) in [4.78, 5) is 84.9. The molecule has 33 heteroatoms. The number of carbonyl (C=O) groups excluding carboxylic acids is 4. The fourth-order valence-corrected chi connectivity index (χ4v) is 12.9. The quantitative estimate of drug-likeness (QED) is 0.0214. The van der Waals surface area contributed by atoms with Crippen molar-refractivity contribution in [3.8, 4) is 28.6 Å². The second-order valence-electron chi connectivity index (χ2n) is 21.8. The number of aliphatic hydroxyl groups is 7. The second kappa shape index (κ2) is 24.6. The number of hydrogen-bond donors (Lipinski definition) is 8. The number of likely N-dealkylation sites (N-methyl/N-ethyl adjacent to an activating group) is 1. The number of esters is 1. The van der Waals surface area contributed by atoms with Gasteiger partial charge in [-0.2, -0.15) is 11.8 Å². The zero-order chi connectivity index (χ0) is 62.8. The average molecular weight is 1270 g/mol. The molecule has 6 aliphatic rings. The average Bonchev–Trinajstić information content (AvgIpc) is 1.59. The maximum Gasteiger partial charge on any atom is 0.501 e. The predicted molar refractivity (Wildman–Crippen MR) is 296 cm³/mol. The van der Waals surface area contributed by atoms with Crippen LogP contribution in [0.5, 0.6) is 17.2 Å². The molecule has 2 unspecified atom stereocenters. The van der Waals surface area contributed by atoms with E-state index < -0.39 is 124 Å². The predicted octanol–water partition coefficient (Wildman–Crippen LogP) is -2.26. The molecule has 8 heterocycles. The summed E-state index contributed by atoms with van der Waals surface area (Å²) in [7, 11) is -3.86. The van der Waals surface area contributed by atoms with E-state index in [4.69, 9.17) is 41.8 Å². The van der Waals surface area contributed by atoms with Gasteiger partial charge in [-0.25, -0.2) is 19.3 Å². The van der Waals surface area contributed by atoms with E-state index in [1.54, 1.807) is 25.4 Å². The van der Waals surface area contributed by atoms with E-state index in [-0.39, 0.29) is 98.6 Å². The molecular weight excluding hydrogens is 1210 g/mol. The molecule has 88 heavy (non-hydrogen) atoms. The van der Waals surface area contributed by atoms with Gasteiger partial charge in [0.2, 0.25) is 18.1 Å². The molecule has 3 fully saturated rings. The molecule has 0 radical (unpaired) electrons. The number of aromatic nitrogens is 5. The highest BCUT2D eigenvalue weighted by atomic mass is 32.3. The lowest BCUT2D eigenvalue weighted by atomic mass is 9.85. The summed E-state index contributed by atoms with van der Waals surface area (Å²) >= 11 is 1.30. The first kappa shape index (κ1) is 62.4. The monoisotopic (exact) mass is 1270 g/mol. The number of nitrogens with zero attached hydrogens (tertiary/aromatic N) is 7. The molecule has 0 spiro atoms. The largest absolute Gasteiger partial charge is 0.501 e. The van der Waals surface area contributed by atoms with Crippen LogP contribution in [0.1, 0.15) is 70.1 Å². The maximum absolute atomic E-state index is 14.3. The Bertz CT molecular complexity index is 3790. The highest BCUT2D eigenvalue weighted by Gasteiger charge is 2.51. The lowest BCUT2D eigenvalue weighted by molar-refractivity contribution is -0.318. The summed E-state index contributed by atoms with van der Waals surface area (Å²) in [5.41, 5.74) is 1.09. The SMILES string of the molecule is CC[C@@]1(O)C(=O)OCc2c1cc1n(c2=O)Cc2c-1nc1cc(OS(=O)(=O)Oc3cc(C(=O)N(C)CCOCCn4cc(CN5C(=O)CC(SC)C5=O)nn4)ccc3O[C@@H]3O[C@H](COC4O[C@H](C(=O)O)[C@@H](O)[C@H](O)[C@H]4O)[C@@H](O)[C@H](O)[C@H]3O)cc3c1c2CCC3. The number of fused-ring (bicyclic) bond motifs is 5. The van der Waals surface area contributed by atoms with Crippen LogP contribution in [0, 0.1) is 0 Å². The number of aliphatic hydroxyl groups excluding tert-OH is 6. The Labute approximate surface area is 503 Å². The molecule has 3 saturated heterocycles. The van der Waals surface area contributed by atoms with Gasteiger partial charge in [0.25, 0.3) is 11.5 Å². The fourth-order valence-electron chi connectivity index (χ4n) is 11.5. The van der Waals surface area contributed by atoms with Crippen LogP contribution in [-0.2, 0) is 97.9 Å². The van der Waals surface area contributed by atoms with Crippen molar-refractivity contribution >= 4 is 62.7 Å². The molecule has 12 atom stereocenters. The van der Waals surface area contributed by atoms with Crippen LogP contribution in [0.4, 0.5) is 0 Å². The Morgan fingerprint density at radius 3 is 2.39 bits per heavy atom. The Morgan fingerprint density at radius 1 is 0.886 bits per heavy atom. The standard InChI is InChI=1S/C55H61N7O24S2/c1-4-55(76)31-17-33-40-29(21-61(33)49(71)30(31)22-81-54(55)75)28-7-5-6-24-14-27(16-32(56-40)39(24)28)85-88(77,78)86-35-15-25(48(70)59(2)10-12-79-13-11-60-19-26(57-58-60)20-62-38(63)18-37(87-3)50(62)72)8-9-34(35)82-53-46(69)42(65)41(64)36(83-53)23-80-52-45(68)43(66)44(67)47(84-52)51(73)74/h8-9,14-17,19,36-37,41-47,52-53,64-69,76H,4-7,10-13,18,20-23H2,1-3H3,(H,73,74)/t36-,37?,41-,42+,43+,44+,45-,46-,47+,52?,53-,55+/m1/s1. The number of imide groups is 1. The number of pyridine rings is 2. The third-order valence-corrected chi connectivity index (χ3v) is 18.1. The van der Waals surface area contributed by atoms with Gasteiger partial charge in [0.15, 0.2) is 29.5 Å². The van der Waals surface area contributed by atoms with Crippen LogP contribution in [-0.4, -0.2) is 220 Å². The summed E-state index contributed by atoms with van der Waals surface area (Å²) < 4.78 is 75.9. The first-order valence-electron chi connectivity index (χ1n) is 27.8. The molecule has 472 valence electrons. The van der Waals surface area contributed by atoms with Crippen molar-refractivity contribution in [1.29, 1.82) is 0 Å². The summed E-state index contributed by atoms with van der Waals surface area (Å²) in [6.07, 6.45) is -15.0. The Balaban J connectivity index is 0.830. The highest BCUT2D eigenvalue weighted by Crippen LogP contribution is 2.44. The van der Waals surface area contributed by atoms with Crippen molar-refractivity contribution in [2.45, 2.75) is 138 Å². The molecule has 11 rings (SSSR count). The Kier molecular flexibility index (Phi) is 17.4. The second-order valence-corrected chi connectivity index (χ2v) is 24.0. The lowest BCUT2D eigenvalue weighted by Gasteiger charge is -2.42. The van der Waals surface area contributed by atoms with Crippen molar-refractivity contribution < 1.29 is 110 Å². The van der Waals surface area contributed by atoms with Crippen LogP contribution in [0.2, 0.25) is 0 Å². The molecule has 8 N–H and O–H groups in total. The number of carboxylic acids is 1. The van der Waals surface area contributed by atoms with Crippen molar-refractivity contribution in [2.75, 3.05) is 39.7 Å². The van der Waals surface area contributed by atoms with Gasteiger partial charge in [-0.05, 0) is 73.4 Å². The molecule has 3 amide bonds. The number of benzene rings is 2. The first-order valence-corrected chi connectivity index (χ1v) is 30.4. The molecule has 1 aliphatic carbocycles. The third-order valence-electron chi connectivity index (χ3n) is 16.3. The van der Waals surface area contributed by atoms with Crippen molar-refractivity contribution in [1.82, 2.24) is 34.3 Å². The van der Waals surface area contributed by atoms with E-state index in [9.17, 15) is 78.0 Å². The minimum absolute atomic E-state index is 0.00750. The van der Waals surface area contributed by atoms with E-state index in [0.717, 1.165) is 28.2 Å². The first-order chi connectivity index (χ1) is 41.9. The number of cyclic esters (lactones) is 1. The number of hydrogen-bond acceptors (Lipinski definition) is 27. The van der Waals surface area contributed by atoms with E-state index in [0.29, 0.717) is 47.3 Å². The number of likely N-dealkylation sites (tertiary alicyclic amines) is 1. The van der Waals surface area contributed by atoms with Crippen LogP contribution < -0.4 is 18.7 Å². The maximum atomic E-state index is 14.3. The van der Waals surface area contributed by atoms with Gasteiger partial charge in [-0.3, -0.25) is 24.1 Å². The Morgan fingerprint density at radius 2 is 1.65 bits per heavy atom. The number of carboxylic acid groups (broad SMARTS) is 1. The molecule has 0 bridgehead atoms. The van der Waals surface area contributed by atoms with Crippen LogP contribution in [0.25, 0.3) is 22.3 Å². The summed E-state index contributed by atoms with van der Waals surface area (Å²) in [5.74, 6) is -5.46. The van der Waals surface area contributed by atoms with E-state index >= 15 is 0 Å². The molecule has 3 aromatic heterocycles. The number of aliphatic carboxylic acids is 1. The number of carbonyl (C=O) groups is 5. The number of aryl methyl sites for hydroxylation is 2.